The van der Waals surface area contributed by atoms with E-state index in [0.717, 1.165) is 36.2 Å². The average Bonchev–Trinajstić information content (AvgIpc) is 3.27. The number of rotatable bonds is 5. The summed E-state index contributed by atoms with van der Waals surface area (Å²) in [5, 5.41) is 5.43. The smallest absolute Gasteiger partial charge is 0.246 e. The summed E-state index contributed by atoms with van der Waals surface area (Å²) in [7, 11) is 2.13. The molecule has 4 rings (SSSR count). The van der Waals surface area contributed by atoms with Crippen LogP contribution in [0.3, 0.4) is 0 Å². The molecule has 0 bridgehead atoms. The van der Waals surface area contributed by atoms with E-state index in [1.165, 1.54) is 25.6 Å². The van der Waals surface area contributed by atoms with E-state index >= 15 is 0 Å². The summed E-state index contributed by atoms with van der Waals surface area (Å²) in [6, 6.07) is 0.803. The quantitative estimate of drug-likeness (QED) is 0.777. The first kappa shape index (κ1) is 21.2. The third-order valence-corrected chi connectivity index (χ3v) is 5.87. The summed E-state index contributed by atoms with van der Waals surface area (Å²) in [4.78, 5) is 25.2. The van der Waals surface area contributed by atoms with E-state index in [2.05, 4.69) is 27.0 Å². The fraction of sp³-hybridized carbons (Fsp3) is 0.619. The number of anilines is 1. The average molecular weight is 400 g/mol. The highest BCUT2D eigenvalue weighted by atomic mass is 16.2. The second-order valence-electron chi connectivity index (χ2n) is 7.64. The summed E-state index contributed by atoms with van der Waals surface area (Å²) in [6.07, 6.45) is 9.90. The lowest BCUT2D eigenvalue weighted by Gasteiger charge is -2.33. The van der Waals surface area contributed by atoms with Crippen LogP contribution in [-0.2, 0) is 4.79 Å². The fourth-order valence-corrected chi connectivity index (χ4v) is 3.97. The van der Waals surface area contributed by atoms with Crippen LogP contribution in [0.15, 0.2) is 18.5 Å². The number of nitrogens with zero attached hydrogens (tertiary/aromatic N) is 6. The normalized spacial score (nSPS) is 19.6. The number of likely N-dealkylation sites (N-methyl/N-ethyl adjacent to an activating group) is 1. The first-order chi connectivity index (χ1) is 14.0. The van der Waals surface area contributed by atoms with Gasteiger partial charge in [0.15, 0.2) is 5.65 Å². The molecule has 1 saturated carbocycles. The number of nitrogens with two attached hydrogens (primary N) is 1. The van der Waals surface area contributed by atoms with Gasteiger partial charge in [-0.1, -0.05) is 26.3 Å². The van der Waals surface area contributed by atoms with Crippen molar-refractivity contribution in [2.24, 2.45) is 0 Å². The highest BCUT2D eigenvalue weighted by Gasteiger charge is 2.29. The Morgan fingerprint density at radius 2 is 2.07 bits per heavy atom. The zero-order chi connectivity index (χ0) is 21.0. The Kier molecular flexibility index (Phi) is 6.84. The highest BCUT2D eigenvalue weighted by molar-refractivity contribution is 5.89. The summed E-state index contributed by atoms with van der Waals surface area (Å²) < 4.78 is 1.91. The van der Waals surface area contributed by atoms with Crippen LogP contribution in [0.25, 0.3) is 11.0 Å². The highest BCUT2D eigenvalue weighted by Crippen LogP contribution is 2.28. The molecule has 158 valence electrons. The molecule has 8 heteroatoms. The predicted octanol–water partition coefficient (Wildman–Crippen LogP) is 2.56. The molecule has 8 nitrogen and oxygen atoms in total. The molecule has 1 unspecified atom stereocenters. The molecule has 2 N–H and O–H groups in total. The lowest BCUT2D eigenvalue weighted by atomic mass is 9.92. The number of nitrogen functional groups attached to an aromatic ring is 1. The lowest BCUT2D eigenvalue weighted by molar-refractivity contribution is -0.125. The molecule has 1 atom stereocenters. The van der Waals surface area contributed by atoms with Gasteiger partial charge in [0, 0.05) is 31.8 Å². The number of hydrogen-bond donors (Lipinski definition) is 1. The zero-order valence-electron chi connectivity index (χ0n) is 18.0. The van der Waals surface area contributed by atoms with Gasteiger partial charge >= 0.3 is 0 Å². The molecule has 0 radical (unpaired) electrons. The Bertz CT molecular complexity index is 871. The van der Waals surface area contributed by atoms with Gasteiger partial charge in [-0.05, 0) is 33.2 Å². The number of likely N-dealkylation sites (tertiary alicyclic amines) is 1. The SMILES string of the molecule is CC.Cc1nn(C2CCN(C(=O)/C=C/CN(C)C3CCC3)C2)c2ncnc(N)c12. The van der Waals surface area contributed by atoms with E-state index in [-0.39, 0.29) is 11.9 Å². The zero-order valence-corrected chi connectivity index (χ0v) is 18.0. The van der Waals surface area contributed by atoms with Crippen molar-refractivity contribution in [1.29, 1.82) is 0 Å². The molecule has 2 fully saturated rings. The molecule has 1 saturated heterocycles. The largest absolute Gasteiger partial charge is 0.383 e. The molecule has 2 aliphatic rings. The second kappa shape index (κ2) is 9.35. The Balaban J connectivity index is 0.00000117. The Labute approximate surface area is 172 Å². The summed E-state index contributed by atoms with van der Waals surface area (Å²) in [5.74, 6) is 0.523. The lowest BCUT2D eigenvalue weighted by Crippen LogP contribution is -2.37. The fourth-order valence-electron chi connectivity index (χ4n) is 3.97. The van der Waals surface area contributed by atoms with Crippen LogP contribution in [0.1, 0.15) is 51.3 Å². The molecular formula is C21H33N7O. The van der Waals surface area contributed by atoms with Crippen molar-refractivity contribution in [2.45, 2.75) is 58.5 Å². The third-order valence-electron chi connectivity index (χ3n) is 5.87. The minimum Gasteiger partial charge on any atom is -0.383 e. The van der Waals surface area contributed by atoms with Gasteiger partial charge in [-0.25, -0.2) is 14.6 Å². The van der Waals surface area contributed by atoms with E-state index in [1.807, 2.05) is 36.4 Å². The number of fused-ring (bicyclic) bond motifs is 1. The number of hydrogen-bond acceptors (Lipinski definition) is 6. The van der Waals surface area contributed by atoms with Gasteiger partial charge in [-0.2, -0.15) is 5.10 Å². The topological polar surface area (TPSA) is 93.2 Å². The molecule has 2 aromatic heterocycles. The van der Waals surface area contributed by atoms with Crippen molar-refractivity contribution in [3.63, 3.8) is 0 Å². The second-order valence-corrected chi connectivity index (χ2v) is 7.64. The van der Waals surface area contributed by atoms with E-state index < -0.39 is 0 Å². The predicted molar refractivity (Wildman–Crippen MR) is 115 cm³/mol. The first-order valence-corrected chi connectivity index (χ1v) is 10.7. The van der Waals surface area contributed by atoms with E-state index in [0.29, 0.717) is 18.4 Å². The van der Waals surface area contributed by atoms with Crippen molar-refractivity contribution in [3.05, 3.63) is 24.2 Å². The molecule has 3 heterocycles. The molecule has 1 amide bonds. The Morgan fingerprint density at radius 1 is 1.31 bits per heavy atom. The van der Waals surface area contributed by atoms with E-state index in [1.54, 1.807) is 6.08 Å². The van der Waals surface area contributed by atoms with Crippen LogP contribution in [0.5, 0.6) is 0 Å². The van der Waals surface area contributed by atoms with Crippen molar-refractivity contribution >= 4 is 22.8 Å². The number of carbonyl (C=O) groups excluding carboxylic acids is 1. The molecule has 0 aromatic carbocycles. The summed E-state index contributed by atoms with van der Waals surface area (Å²) in [5.41, 5.74) is 7.55. The number of aromatic nitrogens is 4. The van der Waals surface area contributed by atoms with E-state index in [9.17, 15) is 4.79 Å². The van der Waals surface area contributed by atoms with Crippen molar-refractivity contribution in [3.8, 4) is 0 Å². The minimum absolute atomic E-state index is 0.0711. The maximum atomic E-state index is 12.5. The molecule has 1 aliphatic carbocycles. The van der Waals surface area contributed by atoms with Crippen LogP contribution in [-0.4, -0.2) is 68.2 Å². The Hall–Kier alpha value is -2.48. The molecule has 29 heavy (non-hydrogen) atoms. The maximum absolute atomic E-state index is 12.5. The molecule has 1 aliphatic heterocycles. The first-order valence-electron chi connectivity index (χ1n) is 10.7. The van der Waals surface area contributed by atoms with E-state index in [4.69, 9.17) is 5.73 Å². The molecular weight excluding hydrogens is 366 g/mol. The standard InChI is InChI=1S/C19H27N7O.C2H6/c1-13-17-18(20)21-12-22-19(17)26(23-13)15-8-10-25(11-15)16(27)7-4-9-24(2)14-5-3-6-14;1-2/h4,7,12,14-15H,3,5-6,8-11H2,1-2H3,(H2,20,21,22);1-2H3/b7-4+;. The van der Waals surface area contributed by atoms with Crippen LogP contribution in [0, 0.1) is 6.92 Å². The van der Waals surface area contributed by atoms with Crippen molar-refractivity contribution in [1.82, 2.24) is 29.5 Å². The summed E-state index contributed by atoms with van der Waals surface area (Å²) >= 11 is 0. The number of carbonyl (C=O) groups is 1. The van der Waals surface area contributed by atoms with Crippen molar-refractivity contribution < 1.29 is 4.79 Å². The third kappa shape index (κ3) is 4.42. The van der Waals surface area contributed by atoms with Gasteiger partial charge in [0.2, 0.25) is 5.91 Å². The van der Waals surface area contributed by atoms with Crippen LogP contribution in [0.4, 0.5) is 5.82 Å². The van der Waals surface area contributed by atoms with Gasteiger partial charge in [0.1, 0.15) is 12.1 Å². The monoisotopic (exact) mass is 399 g/mol. The summed E-state index contributed by atoms with van der Waals surface area (Å²) in [6.45, 7) is 8.11. The number of aryl methyl sites for hydroxylation is 1. The maximum Gasteiger partial charge on any atom is 0.246 e. The van der Waals surface area contributed by atoms with Crippen LogP contribution < -0.4 is 5.73 Å². The van der Waals surface area contributed by atoms with Gasteiger partial charge in [0.25, 0.3) is 0 Å². The number of amides is 1. The van der Waals surface area contributed by atoms with Crippen LogP contribution >= 0.6 is 0 Å². The molecule has 2 aromatic rings. The van der Waals surface area contributed by atoms with Crippen LogP contribution in [0.2, 0.25) is 0 Å². The van der Waals surface area contributed by atoms with Gasteiger partial charge in [-0.15, -0.1) is 0 Å². The minimum atomic E-state index is 0.0711. The van der Waals surface area contributed by atoms with Gasteiger partial charge < -0.3 is 10.6 Å². The van der Waals surface area contributed by atoms with Gasteiger partial charge in [0.05, 0.1) is 17.1 Å². The Morgan fingerprint density at radius 3 is 2.76 bits per heavy atom. The molecule has 0 spiro atoms. The van der Waals surface area contributed by atoms with Gasteiger partial charge in [-0.3, -0.25) is 9.69 Å². The van der Waals surface area contributed by atoms with Crippen molar-refractivity contribution in [2.75, 3.05) is 32.4 Å².